The van der Waals surface area contributed by atoms with E-state index < -0.39 is 11.6 Å². The van der Waals surface area contributed by atoms with Gasteiger partial charge in [0, 0.05) is 0 Å². The second-order valence-corrected chi connectivity index (χ2v) is 7.05. The van der Waals surface area contributed by atoms with Crippen LogP contribution in [0, 0.1) is 11.3 Å². The van der Waals surface area contributed by atoms with Gasteiger partial charge in [0.1, 0.15) is 18.4 Å². The first-order chi connectivity index (χ1) is 13.2. The fourth-order valence-corrected chi connectivity index (χ4v) is 2.92. The van der Waals surface area contributed by atoms with Gasteiger partial charge in [-0.05, 0) is 44.5 Å². The maximum atomic E-state index is 13.1. The third-order valence-electron chi connectivity index (χ3n) is 4.78. The van der Waals surface area contributed by atoms with E-state index in [9.17, 15) is 13.2 Å². The highest BCUT2D eigenvalue weighted by Crippen LogP contribution is 2.40. The highest BCUT2D eigenvalue weighted by molar-refractivity contribution is 5.54. The lowest BCUT2D eigenvalue weighted by Gasteiger charge is -2.28. The normalized spacial score (nSPS) is 16.7. The molecule has 1 aliphatic rings. The van der Waals surface area contributed by atoms with Crippen molar-refractivity contribution in [2.24, 2.45) is 0 Å². The molecule has 0 amide bonds. The number of aromatic nitrogens is 2. The van der Waals surface area contributed by atoms with Gasteiger partial charge in [-0.15, -0.1) is 0 Å². The van der Waals surface area contributed by atoms with Crippen molar-refractivity contribution in [2.45, 2.75) is 45.0 Å². The second-order valence-electron chi connectivity index (χ2n) is 7.05. The molecular weight excluding hydrogens is 371 g/mol. The van der Waals surface area contributed by atoms with Crippen molar-refractivity contribution in [1.82, 2.24) is 9.55 Å². The first-order valence-electron chi connectivity index (χ1n) is 8.77. The van der Waals surface area contributed by atoms with Crippen molar-refractivity contribution in [3.8, 4) is 17.8 Å². The average molecular weight is 391 g/mol. The predicted molar refractivity (Wildman–Crippen MR) is 97.1 cm³/mol. The largest absolute Gasteiger partial charge is 0.490 e. The van der Waals surface area contributed by atoms with E-state index in [0.717, 1.165) is 13.8 Å². The van der Waals surface area contributed by atoms with Crippen LogP contribution in [0.15, 0.2) is 30.3 Å². The molecule has 1 aliphatic heterocycles. The van der Waals surface area contributed by atoms with E-state index in [4.69, 9.17) is 14.7 Å². The number of hydrogen-bond acceptors (Lipinski definition) is 4. The Kier molecular flexibility index (Phi) is 5.11. The topological polar surface area (TPSA) is 60.1 Å². The Hall–Kier alpha value is -2.95. The number of halogens is 3. The Bertz CT molecular complexity index is 922. The zero-order valence-corrected chi connectivity index (χ0v) is 15.7. The molecule has 1 aromatic heterocycles. The van der Waals surface area contributed by atoms with Gasteiger partial charge < -0.3 is 9.47 Å². The Balaban J connectivity index is 1.64. The van der Waals surface area contributed by atoms with Crippen molar-refractivity contribution in [3.05, 3.63) is 47.3 Å². The molecule has 0 N–H and O–H groups in total. The Morgan fingerprint density at radius 3 is 2.57 bits per heavy atom. The fourth-order valence-electron chi connectivity index (χ4n) is 2.92. The average Bonchev–Trinajstić information content (AvgIpc) is 3.18. The first-order valence-corrected chi connectivity index (χ1v) is 8.77. The Morgan fingerprint density at radius 2 is 2.00 bits per heavy atom. The lowest BCUT2D eigenvalue weighted by Crippen LogP contribution is -2.36. The number of nitrogens with zero attached hydrogens (tertiary/aromatic N) is 3. The fraction of sp³-hybridized carbons (Fsp3) is 0.400. The van der Waals surface area contributed by atoms with Gasteiger partial charge in [-0.3, -0.25) is 4.57 Å². The minimum absolute atomic E-state index is 0.171. The zero-order chi connectivity index (χ0) is 20.5. The molecule has 8 heteroatoms. The van der Waals surface area contributed by atoms with Crippen LogP contribution in [-0.2, 0) is 12.0 Å². The maximum absolute atomic E-state index is 13.1. The van der Waals surface area contributed by atoms with Crippen molar-refractivity contribution in [2.75, 3.05) is 6.61 Å². The van der Waals surface area contributed by atoms with Crippen LogP contribution in [0.1, 0.15) is 37.7 Å². The molecule has 5 nitrogen and oxygen atoms in total. The summed E-state index contributed by atoms with van der Waals surface area (Å²) in [4.78, 5) is 4.16. The number of benzene rings is 1. The molecule has 0 fully saturated rings. The number of imidazole rings is 1. The molecular formula is C20H20F3N3O2. The lowest BCUT2D eigenvalue weighted by molar-refractivity contribution is -0.180. The lowest BCUT2D eigenvalue weighted by atomic mass is 9.84. The van der Waals surface area contributed by atoms with Crippen LogP contribution in [-0.4, -0.2) is 28.4 Å². The van der Waals surface area contributed by atoms with Gasteiger partial charge in [-0.1, -0.05) is 18.2 Å². The highest BCUT2D eigenvalue weighted by atomic mass is 19.4. The molecule has 3 rings (SSSR count). The number of hydrogen-bond donors (Lipinski definition) is 0. The molecule has 2 aromatic rings. The molecule has 0 saturated heterocycles. The third kappa shape index (κ3) is 3.57. The van der Waals surface area contributed by atoms with E-state index in [1.807, 2.05) is 23.6 Å². The molecule has 0 spiro atoms. The van der Waals surface area contributed by atoms with Crippen LogP contribution in [0.25, 0.3) is 6.08 Å². The molecule has 28 heavy (non-hydrogen) atoms. The summed E-state index contributed by atoms with van der Waals surface area (Å²) in [6.45, 7) is 4.83. The molecule has 0 saturated carbocycles. The second kappa shape index (κ2) is 7.23. The van der Waals surface area contributed by atoms with Gasteiger partial charge in [-0.25, -0.2) is 0 Å². The summed E-state index contributed by atoms with van der Waals surface area (Å²) in [5.74, 6) is 0.459. The van der Waals surface area contributed by atoms with Gasteiger partial charge in [-0.2, -0.15) is 23.4 Å². The minimum Gasteiger partial charge on any atom is -0.490 e. The number of rotatable bonds is 5. The summed E-state index contributed by atoms with van der Waals surface area (Å²) in [5.41, 5.74) is -0.780. The molecule has 1 aromatic carbocycles. The van der Waals surface area contributed by atoms with Crippen LogP contribution < -0.4 is 9.47 Å². The van der Waals surface area contributed by atoms with Crippen molar-refractivity contribution in [3.63, 3.8) is 0 Å². The smallest absolute Gasteiger partial charge is 0.397 e. The monoisotopic (exact) mass is 391 g/mol. The van der Waals surface area contributed by atoms with Gasteiger partial charge in [0.25, 0.3) is 6.01 Å². The molecule has 0 radical (unpaired) electrons. The molecule has 0 bridgehead atoms. The summed E-state index contributed by atoms with van der Waals surface area (Å²) >= 11 is 0. The SMILES string of the molecule is C/C=C/c1c(C#N)nc2n1C[C@@H](COc1ccc(C(C)(C)C(F)(F)F)cc1)O2. The van der Waals surface area contributed by atoms with E-state index >= 15 is 0 Å². The van der Waals surface area contributed by atoms with Crippen LogP contribution in [0.2, 0.25) is 0 Å². The highest BCUT2D eigenvalue weighted by Gasteiger charge is 2.48. The molecule has 0 unspecified atom stereocenters. The van der Waals surface area contributed by atoms with Crippen molar-refractivity contribution >= 4 is 6.08 Å². The van der Waals surface area contributed by atoms with E-state index in [1.165, 1.54) is 24.3 Å². The maximum Gasteiger partial charge on any atom is 0.397 e. The number of fused-ring (bicyclic) bond motifs is 1. The summed E-state index contributed by atoms with van der Waals surface area (Å²) in [7, 11) is 0. The van der Waals surface area contributed by atoms with Gasteiger partial charge in [0.15, 0.2) is 11.8 Å². The van der Waals surface area contributed by atoms with E-state index in [1.54, 1.807) is 6.08 Å². The number of alkyl halides is 3. The van der Waals surface area contributed by atoms with Crippen molar-refractivity contribution < 1.29 is 22.6 Å². The van der Waals surface area contributed by atoms with Gasteiger partial charge in [0.2, 0.25) is 0 Å². The first kappa shape index (κ1) is 19.8. The summed E-state index contributed by atoms with van der Waals surface area (Å²) in [6.07, 6.45) is -1.02. The number of ether oxygens (including phenoxy) is 2. The summed E-state index contributed by atoms with van der Waals surface area (Å²) < 4.78 is 52.6. The van der Waals surface area contributed by atoms with E-state index in [0.29, 0.717) is 29.7 Å². The zero-order valence-electron chi connectivity index (χ0n) is 15.7. The van der Waals surface area contributed by atoms with Gasteiger partial charge in [0.05, 0.1) is 17.7 Å². The summed E-state index contributed by atoms with van der Waals surface area (Å²) in [5, 5.41) is 9.14. The third-order valence-corrected chi connectivity index (χ3v) is 4.78. The van der Waals surface area contributed by atoms with Crippen LogP contribution >= 0.6 is 0 Å². The van der Waals surface area contributed by atoms with E-state index in [-0.39, 0.29) is 18.3 Å². The van der Waals surface area contributed by atoms with Crippen molar-refractivity contribution in [1.29, 1.82) is 5.26 Å². The van der Waals surface area contributed by atoms with E-state index in [2.05, 4.69) is 4.98 Å². The minimum atomic E-state index is -4.33. The quantitative estimate of drug-likeness (QED) is 0.755. The molecule has 0 aliphatic carbocycles. The Labute approximate surface area is 161 Å². The molecule has 148 valence electrons. The Morgan fingerprint density at radius 1 is 1.32 bits per heavy atom. The van der Waals surface area contributed by atoms with Crippen LogP contribution in [0.3, 0.4) is 0 Å². The summed E-state index contributed by atoms with van der Waals surface area (Å²) in [6, 6.07) is 8.29. The number of nitriles is 1. The molecule has 2 heterocycles. The standard InChI is InChI=1S/C20H20F3N3O2/c1-4-5-17-16(10-24)25-18-26(17)11-15(28-18)12-27-14-8-6-13(7-9-14)19(2,3)20(21,22)23/h4-9,15H,11-12H2,1-3H3/b5-4+/t15-/m0/s1. The van der Waals surface area contributed by atoms with Crippen LogP contribution in [0.5, 0.6) is 11.8 Å². The van der Waals surface area contributed by atoms with Gasteiger partial charge >= 0.3 is 6.18 Å². The number of allylic oxidation sites excluding steroid dienone is 1. The molecule has 1 atom stereocenters. The predicted octanol–water partition coefficient (Wildman–Crippen LogP) is 4.47. The van der Waals surface area contributed by atoms with Crippen LogP contribution in [0.4, 0.5) is 13.2 Å².